The quantitative estimate of drug-likeness (QED) is 0.904. The fourth-order valence-electron chi connectivity index (χ4n) is 2.57. The molecule has 3 rings (SSSR count). The van der Waals surface area contributed by atoms with Crippen LogP contribution in [0, 0.1) is 6.92 Å². The third-order valence-corrected chi connectivity index (χ3v) is 4.62. The Labute approximate surface area is 132 Å². The Morgan fingerprint density at radius 1 is 1.10 bits per heavy atom. The molecular weight excluding hydrogens is 330 g/mol. The van der Waals surface area contributed by atoms with Gasteiger partial charge < -0.3 is 15.5 Å². The highest BCUT2D eigenvalue weighted by Gasteiger charge is 2.19. The Balaban J connectivity index is 1.70. The molecule has 2 N–H and O–H groups in total. The summed E-state index contributed by atoms with van der Waals surface area (Å²) in [5.74, 6) is 1.04. The second kappa shape index (κ2) is 5.89. The number of nitrogen functional groups attached to an aromatic ring is 1. The lowest BCUT2D eigenvalue weighted by Crippen LogP contribution is -2.47. The number of rotatable bonds is 2. The summed E-state index contributed by atoms with van der Waals surface area (Å²) in [7, 11) is 0. The van der Waals surface area contributed by atoms with Gasteiger partial charge in [-0.3, -0.25) is 4.98 Å². The molecule has 0 saturated carbocycles. The number of halogens is 1. The standard InChI is InChI=1S/C15H18BrN5/c1-11-12(16)2-3-15(19-11)21-8-6-20(7-9-21)14-4-5-18-10-13(14)17/h2-5,10H,6-9,17H2,1H3. The molecule has 0 atom stereocenters. The molecular formula is C15H18BrN5. The summed E-state index contributed by atoms with van der Waals surface area (Å²) in [6.45, 7) is 5.77. The van der Waals surface area contributed by atoms with Crippen molar-refractivity contribution in [3.8, 4) is 0 Å². The van der Waals surface area contributed by atoms with Gasteiger partial charge in [-0.2, -0.15) is 0 Å². The van der Waals surface area contributed by atoms with Crippen molar-refractivity contribution in [2.45, 2.75) is 6.92 Å². The Morgan fingerprint density at radius 3 is 2.48 bits per heavy atom. The van der Waals surface area contributed by atoms with Crippen molar-refractivity contribution in [1.82, 2.24) is 9.97 Å². The first-order valence-corrected chi connectivity index (χ1v) is 7.77. The summed E-state index contributed by atoms with van der Waals surface area (Å²) < 4.78 is 1.05. The summed E-state index contributed by atoms with van der Waals surface area (Å²) in [6.07, 6.45) is 3.50. The number of aromatic nitrogens is 2. The largest absolute Gasteiger partial charge is 0.396 e. The molecule has 0 spiro atoms. The number of aryl methyl sites for hydroxylation is 1. The van der Waals surface area contributed by atoms with E-state index < -0.39 is 0 Å². The van der Waals surface area contributed by atoms with Crippen molar-refractivity contribution in [1.29, 1.82) is 0 Å². The van der Waals surface area contributed by atoms with Crippen molar-refractivity contribution >= 4 is 33.1 Å². The van der Waals surface area contributed by atoms with Crippen molar-refractivity contribution < 1.29 is 0 Å². The predicted molar refractivity (Wildman–Crippen MR) is 89.7 cm³/mol. The number of hydrogen-bond donors (Lipinski definition) is 1. The highest BCUT2D eigenvalue weighted by molar-refractivity contribution is 9.10. The predicted octanol–water partition coefficient (Wildman–Crippen LogP) is 2.46. The van der Waals surface area contributed by atoms with Crippen LogP contribution < -0.4 is 15.5 Å². The van der Waals surface area contributed by atoms with Crippen LogP contribution >= 0.6 is 15.9 Å². The molecule has 1 aliphatic heterocycles. The minimum atomic E-state index is 0.739. The molecule has 0 radical (unpaired) electrons. The maximum atomic E-state index is 6.00. The van der Waals surface area contributed by atoms with E-state index in [-0.39, 0.29) is 0 Å². The number of anilines is 3. The molecule has 110 valence electrons. The number of nitrogens with two attached hydrogens (primary N) is 1. The zero-order chi connectivity index (χ0) is 14.8. The lowest BCUT2D eigenvalue weighted by atomic mass is 10.2. The van der Waals surface area contributed by atoms with Crippen LogP contribution in [0.5, 0.6) is 0 Å². The smallest absolute Gasteiger partial charge is 0.128 e. The summed E-state index contributed by atoms with van der Waals surface area (Å²) in [6, 6.07) is 6.10. The number of piperazine rings is 1. The van der Waals surface area contributed by atoms with Crippen LogP contribution in [0.3, 0.4) is 0 Å². The van der Waals surface area contributed by atoms with Crippen LogP contribution in [0.2, 0.25) is 0 Å². The zero-order valence-electron chi connectivity index (χ0n) is 12.0. The Kier molecular flexibility index (Phi) is 3.96. The van der Waals surface area contributed by atoms with Gasteiger partial charge in [-0.25, -0.2) is 4.98 Å². The second-order valence-electron chi connectivity index (χ2n) is 5.15. The average Bonchev–Trinajstić information content (AvgIpc) is 2.51. The van der Waals surface area contributed by atoms with E-state index in [4.69, 9.17) is 5.73 Å². The Bertz CT molecular complexity index is 638. The summed E-state index contributed by atoms with van der Waals surface area (Å²) in [5, 5.41) is 0. The molecule has 1 aliphatic rings. The van der Waals surface area contributed by atoms with Gasteiger partial charge in [-0.1, -0.05) is 0 Å². The fraction of sp³-hybridized carbons (Fsp3) is 0.333. The van der Waals surface area contributed by atoms with E-state index in [0.717, 1.165) is 53.5 Å². The SMILES string of the molecule is Cc1nc(N2CCN(c3ccncc3N)CC2)ccc1Br. The maximum absolute atomic E-state index is 6.00. The molecule has 2 aromatic heterocycles. The number of hydrogen-bond acceptors (Lipinski definition) is 5. The van der Waals surface area contributed by atoms with Gasteiger partial charge in [0.25, 0.3) is 0 Å². The van der Waals surface area contributed by atoms with Crippen molar-refractivity contribution in [2.75, 3.05) is 41.7 Å². The van der Waals surface area contributed by atoms with Crippen LogP contribution in [0.1, 0.15) is 5.69 Å². The van der Waals surface area contributed by atoms with Gasteiger partial charge in [0, 0.05) is 36.8 Å². The third kappa shape index (κ3) is 2.95. The van der Waals surface area contributed by atoms with Gasteiger partial charge in [-0.15, -0.1) is 0 Å². The molecule has 6 heteroatoms. The minimum absolute atomic E-state index is 0.739. The lowest BCUT2D eigenvalue weighted by Gasteiger charge is -2.37. The van der Waals surface area contributed by atoms with Crippen LogP contribution in [-0.2, 0) is 0 Å². The fourth-order valence-corrected chi connectivity index (χ4v) is 2.79. The molecule has 3 heterocycles. The number of pyridine rings is 2. The van der Waals surface area contributed by atoms with E-state index in [1.165, 1.54) is 0 Å². The second-order valence-corrected chi connectivity index (χ2v) is 6.00. The normalized spacial score (nSPS) is 15.3. The first kappa shape index (κ1) is 14.1. The van der Waals surface area contributed by atoms with E-state index >= 15 is 0 Å². The molecule has 0 bridgehead atoms. The summed E-state index contributed by atoms with van der Waals surface area (Å²) in [5.41, 5.74) is 8.83. The minimum Gasteiger partial charge on any atom is -0.396 e. The molecule has 0 unspecified atom stereocenters. The highest BCUT2D eigenvalue weighted by atomic mass is 79.9. The highest BCUT2D eigenvalue weighted by Crippen LogP contribution is 2.25. The van der Waals surface area contributed by atoms with Crippen LogP contribution in [0.25, 0.3) is 0 Å². The third-order valence-electron chi connectivity index (χ3n) is 3.78. The number of nitrogens with zero attached hydrogens (tertiary/aromatic N) is 4. The van der Waals surface area contributed by atoms with E-state index in [9.17, 15) is 0 Å². The summed E-state index contributed by atoms with van der Waals surface area (Å²) in [4.78, 5) is 13.3. The molecule has 2 aromatic rings. The van der Waals surface area contributed by atoms with E-state index in [1.807, 2.05) is 13.0 Å². The average molecular weight is 348 g/mol. The van der Waals surface area contributed by atoms with Gasteiger partial charge in [0.1, 0.15) is 5.82 Å². The Hall–Kier alpha value is -1.82. The van der Waals surface area contributed by atoms with Gasteiger partial charge in [0.05, 0.1) is 23.3 Å². The van der Waals surface area contributed by atoms with Crippen LogP contribution in [-0.4, -0.2) is 36.1 Å². The van der Waals surface area contributed by atoms with E-state index in [0.29, 0.717) is 0 Å². The van der Waals surface area contributed by atoms with Crippen LogP contribution in [0.4, 0.5) is 17.2 Å². The molecule has 0 amide bonds. The molecule has 5 nitrogen and oxygen atoms in total. The molecule has 0 aliphatic carbocycles. The maximum Gasteiger partial charge on any atom is 0.128 e. The summed E-state index contributed by atoms with van der Waals surface area (Å²) >= 11 is 3.49. The molecule has 0 aromatic carbocycles. The molecule has 1 fully saturated rings. The molecule has 1 saturated heterocycles. The van der Waals surface area contributed by atoms with E-state index in [1.54, 1.807) is 12.4 Å². The zero-order valence-corrected chi connectivity index (χ0v) is 13.5. The van der Waals surface area contributed by atoms with Gasteiger partial charge in [0.15, 0.2) is 0 Å². The van der Waals surface area contributed by atoms with E-state index in [2.05, 4.69) is 47.8 Å². The van der Waals surface area contributed by atoms with Crippen LogP contribution in [0.15, 0.2) is 35.1 Å². The topological polar surface area (TPSA) is 58.3 Å². The monoisotopic (exact) mass is 347 g/mol. The van der Waals surface area contributed by atoms with Gasteiger partial charge in [0.2, 0.25) is 0 Å². The Morgan fingerprint density at radius 2 is 1.81 bits per heavy atom. The van der Waals surface area contributed by atoms with Crippen molar-refractivity contribution in [2.24, 2.45) is 0 Å². The van der Waals surface area contributed by atoms with Gasteiger partial charge in [-0.05, 0) is 41.1 Å². The van der Waals surface area contributed by atoms with Crippen molar-refractivity contribution in [3.63, 3.8) is 0 Å². The van der Waals surface area contributed by atoms with Crippen molar-refractivity contribution in [3.05, 3.63) is 40.8 Å². The van der Waals surface area contributed by atoms with Gasteiger partial charge >= 0.3 is 0 Å². The first-order chi connectivity index (χ1) is 10.1. The molecule has 21 heavy (non-hydrogen) atoms. The lowest BCUT2D eigenvalue weighted by molar-refractivity contribution is 0.647. The first-order valence-electron chi connectivity index (χ1n) is 6.97.